The number of hydrogen-bond donors (Lipinski definition) is 1. The summed E-state index contributed by atoms with van der Waals surface area (Å²) in [5, 5.41) is 5.00. The number of aromatic nitrogens is 1. The molecule has 0 aliphatic rings. The third kappa shape index (κ3) is 2.45. The first-order chi connectivity index (χ1) is 9.33. The Labute approximate surface area is 110 Å². The molecule has 0 fully saturated rings. The summed E-state index contributed by atoms with van der Waals surface area (Å²) in [6.07, 6.45) is 3.30. The van der Waals surface area contributed by atoms with Gasteiger partial charge < -0.3 is 5.32 Å². The number of amides is 1. The van der Waals surface area contributed by atoms with Crippen molar-refractivity contribution in [1.82, 2.24) is 4.98 Å². The Morgan fingerprint density at radius 3 is 2.58 bits per heavy atom. The maximum absolute atomic E-state index is 12.1. The number of pyridine rings is 1. The molecule has 0 spiro atoms. The summed E-state index contributed by atoms with van der Waals surface area (Å²) in [5.41, 5.74) is 1.34. The van der Waals surface area contributed by atoms with Crippen LogP contribution >= 0.6 is 0 Å². The van der Waals surface area contributed by atoms with Crippen molar-refractivity contribution in [3.05, 3.63) is 72.6 Å². The van der Waals surface area contributed by atoms with Gasteiger partial charge in [0.2, 0.25) is 0 Å². The van der Waals surface area contributed by atoms with Crippen LogP contribution in [-0.2, 0) is 0 Å². The van der Waals surface area contributed by atoms with Gasteiger partial charge in [-0.25, -0.2) is 0 Å². The number of hydrogen-bond acceptors (Lipinski definition) is 2. The van der Waals surface area contributed by atoms with Gasteiger partial charge in [-0.1, -0.05) is 30.3 Å². The van der Waals surface area contributed by atoms with Crippen molar-refractivity contribution in [3.63, 3.8) is 0 Å². The first kappa shape index (κ1) is 11.4. The van der Waals surface area contributed by atoms with Crippen molar-refractivity contribution >= 4 is 22.4 Å². The van der Waals surface area contributed by atoms with Crippen LogP contribution in [0.4, 0.5) is 5.69 Å². The molecule has 3 aromatic rings. The molecular formula is C16H12N2O. The van der Waals surface area contributed by atoms with Crippen LogP contribution in [0.5, 0.6) is 0 Å². The molecule has 1 amide bonds. The quantitative estimate of drug-likeness (QED) is 0.754. The van der Waals surface area contributed by atoms with Crippen LogP contribution in [0, 0.1) is 0 Å². The Balaban J connectivity index is 1.89. The highest BCUT2D eigenvalue weighted by atomic mass is 16.1. The number of benzene rings is 2. The molecule has 0 saturated heterocycles. The minimum absolute atomic E-state index is 0.126. The summed E-state index contributed by atoms with van der Waals surface area (Å²) in [6.45, 7) is 0. The molecule has 0 radical (unpaired) electrons. The first-order valence-electron chi connectivity index (χ1n) is 6.03. The molecule has 0 bridgehead atoms. The van der Waals surface area contributed by atoms with E-state index >= 15 is 0 Å². The van der Waals surface area contributed by atoms with Crippen LogP contribution in [-0.4, -0.2) is 10.9 Å². The standard InChI is InChI=1S/C16H12N2O/c19-16(18-15-6-3-9-17-11-15)14-8-7-12-4-1-2-5-13(12)10-14/h1-11H,(H,18,19). The van der Waals surface area contributed by atoms with Crippen LogP contribution in [0.25, 0.3) is 10.8 Å². The van der Waals surface area contributed by atoms with E-state index in [1.807, 2.05) is 48.5 Å². The predicted molar refractivity (Wildman–Crippen MR) is 76.1 cm³/mol. The highest BCUT2D eigenvalue weighted by Gasteiger charge is 2.06. The molecule has 19 heavy (non-hydrogen) atoms. The molecule has 0 aliphatic carbocycles. The number of carbonyl (C=O) groups excluding carboxylic acids is 1. The monoisotopic (exact) mass is 248 g/mol. The van der Waals surface area contributed by atoms with E-state index in [1.165, 1.54) is 0 Å². The number of nitrogens with zero attached hydrogens (tertiary/aromatic N) is 1. The molecule has 3 nitrogen and oxygen atoms in total. The topological polar surface area (TPSA) is 42.0 Å². The number of rotatable bonds is 2. The second-order valence-electron chi connectivity index (χ2n) is 4.26. The molecule has 3 rings (SSSR count). The SMILES string of the molecule is O=C(Nc1cccnc1)c1ccc2ccccc2c1. The Morgan fingerprint density at radius 1 is 0.947 bits per heavy atom. The van der Waals surface area contributed by atoms with E-state index in [0.29, 0.717) is 11.3 Å². The predicted octanol–water partition coefficient (Wildman–Crippen LogP) is 3.49. The Bertz CT molecular complexity index is 723. The van der Waals surface area contributed by atoms with Crippen LogP contribution in [0.2, 0.25) is 0 Å². The third-order valence-electron chi connectivity index (χ3n) is 2.93. The smallest absolute Gasteiger partial charge is 0.255 e. The van der Waals surface area contributed by atoms with E-state index in [1.54, 1.807) is 18.5 Å². The molecule has 1 aromatic heterocycles. The lowest BCUT2D eigenvalue weighted by atomic mass is 10.1. The van der Waals surface area contributed by atoms with Gasteiger partial charge in [0.05, 0.1) is 11.9 Å². The summed E-state index contributed by atoms with van der Waals surface area (Å²) in [4.78, 5) is 16.1. The largest absolute Gasteiger partial charge is 0.321 e. The van der Waals surface area contributed by atoms with Crippen molar-refractivity contribution in [2.45, 2.75) is 0 Å². The molecule has 3 heteroatoms. The van der Waals surface area contributed by atoms with E-state index < -0.39 is 0 Å². The van der Waals surface area contributed by atoms with Gasteiger partial charge in [0.25, 0.3) is 5.91 Å². The van der Waals surface area contributed by atoms with E-state index in [9.17, 15) is 4.79 Å². The molecule has 2 aromatic carbocycles. The number of carbonyl (C=O) groups is 1. The fourth-order valence-corrected chi connectivity index (χ4v) is 1.97. The normalized spacial score (nSPS) is 10.3. The highest BCUT2D eigenvalue weighted by Crippen LogP contribution is 2.16. The highest BCUT2D eigenvalue weighted by molar-refractivity contribution is 6.06. The maximum Gasteiger partial charge on any atom is 0.255 e. The minimum atomic E-state index is -0.126. The number of fused-ring (bicyclic) bond motifs is 1. The number of anilines is 1. The zero-order valence-electron chi connectivity index (χ0n) is 10.2. The van der Waals surface area contributed by atoms with E-state index in [0.717, 1.165) is 10.8 Å². The van der Waals surface area contributed by atoms with Crippen molar-refractivity contribution in [1.29, 1.82) is 0 Å². The van der Waals surface area contributed by atoms with E-state index in [4.69, 9.17) is 0 Å². The fourth-order valence-electron chi connectivity index (χ4n) is 1.97. The van der Waals surface area contributed by atoms with Gasteiger partial charge in [0.15, 0.2) is 0 Å². The fraction of sp³-hybridized carbons (Fsp3) is 0. The Kier molecular flexibility index (Phi) is 2.94. The first-order valence-corrected chi connectivity index (χ1v) is 6.03. The van der Waals surface area contributed by atoms with Crippen LogP contribution < -0.4 is 5.32 Å². The summed E-state index contributed by atoms with van der Waals surface area (Å²) in [5.74, 6) is -0.126. The Morgan fingerprint density at radius 2 is 1.79 bits per heavy atom. The lowest BCUT2D eigenvalue weighted by Gasteiger charge is -2.05. The van der Waals surface area contributed by atoms with Crippen LogP contribution in [0.15, 0.2) is 67.0 Å². The van der Waals surface area contributed by atoms with Gasteiger partial charge in [-0.2, -0.15) is 0 Å². The summed E-state index contributed by atoms with van der Waals surface area (Å²) < 4.78 is 0. The van der Waals surface area contributed by atoms with Gasteiger partial charge in [-0.3, -0.25) is 9.78 Å². The lowest BCUT2D eigenvalue weighted by Crippen LogP contribution is -2.11. The third-order valence-corrected chi connectivity index (χ3v) is 2.93. The van der Waals surface area contributed by atoms with Crippen LogP contribution in [0.3, 0.4) is 0 Å². The molecule has 0 saturated carbocycles. The second-order valence-corrected chi connectivity index (χ2v) is 4.26. The van der Waals surface area contributed by atoms with Crippen molar-refractivity contribution in [2.24, 2.45) is 0 Å². The lowest BCUT2D eigenvalue weighted by molar-refractivity contribution is 0.102. The average molecular weight is 248 g/mol. The number of nitrogens with one attached hydrogen (secondary N) is 1. The summed E-state index contributed by atoms with van der Waals surface area (Å²) in [7, 11) is 0. The van der Waals surface area contributed by atoms with Gasteiger partial charge in [0.1, 0.15) is 0 Å². The molecular weight excluding hydrogens is 236 g/mol. The van der Waals surface area contributed by atoms with Crippen molar-refractivity contribution in [2.75, 3.05) is 5.32 Å². The van der Waals surface area contributed by atoms with Gasteiger partial charge >= 0.3 is 0 Å². The maximum atomic E-state index is 12.1. The molecule has 1 N–H and O–H groups in total. The minimum Gasteiger partial charge on any atom is -0.321 e. The zero-order chi connectivity index (χ0) is 13.1. The van der Waals surface area contributed by atoms with Gasteiger partial charge in [-0.15, -0.1) is 0 Å². The average Bonchev–Trinajstić information content (AvgIpc) is 2.48. The van der Waals surface area contributed by atoms with E-state index in [-0.39, 0.29) is 5.91 Å². The van der Waals surface area contributed by atoms with Gasteiger partial charge in [0, 0.05) is 11.8 Å². The van der Waals surface area contributed by atoms with E-state index in [2.05, 4.69) is 10.3 Å². The molecule has 0 atom stereocenters. The summed E-state index contributed by atoms with van der Waals surface area (Å²) in [6, 6.07) is 17.2. The zero-order valence-corrected chi connectivity index (χ0v) is 10.2. The molecule has 1 heterocycles. The van der Waals surface area contributed by atoms with Crippen molar-refractivity contribution < 1.29 is 4.79 Å². The Hall–Kier alpha value is -2.68. The van der Waals surface area contributed by atoms with Crippen LogP contribution in [0.1, 0.15) is 10.4 Å². The molecule has 0 aliphatic heterocycles. The second kappa shape index (κ2) is 4.90. The molecule has 92 valence electrons. The van der Waals surface area contributed by atoms with Gasteiger partial charge in [-0.05, 0) is 35.0 Å². The molecule has 0 unspecified atom stereocenters. The van der Waals surface area contributed by atoms with Crippen molar-refractivity contribution in [3.8, 4) is 0 Å². The summed E-state index contributed by atoms with van der Waals surface area (Å²) >= 11 is 0.